The van der Waals surface area contributed by atoms with Gasteiger partial charge in [-0.15, -0.1) is 0 Å². The van der Waals surface area contributed by atoms with Crippen LogP contribution in [0.5, 0.6) is 0 Å². The summed E-state index contributed by atoms with van der Waals surface area (Å²) in [4.78, 5) is 7.17. The van der Waals surface area contributed by atoms with Crippen LogP contribution in [-0.2, 0) is 5.41 Å². The number of hydrogen-bond acceptors (Lipinski definition) is 5. The first-order chi connectivity index (χ1) is 25.0. The molecular weight excluding hydrogens is 629 g/mol. The smallest absolute Gasteiger partial charge is 0.227 e. The largest absolute Gasteiger partial charge is 0.456 e. The molecule has 5 heteroatoms. The molecule has 0 N–H and O–H groups in total. The number of benzene rings is 7. The number of aromatic nitrogens is 1. The van der Waals surface area contributed by atoms with E-state index in [4.69, 9.17) is 18.2 Å². The lowest BCUT2D eigenvalue weighted by molar-refractivity contribution is 0.617. The van der Waals surface area contributed by atoms with Crippen LogP contribution < -0.4 is 4.90 Å². The molecule has 242 valence electrons. The number of nitrogens with zero attached hydrogens (tertiary/aromatic N) is 2. The Labute approximate surface area is 293 Å². The van der Waals surface area contributed by atoms with Gasteiger partial charge < -0.3 is 18.2 Å². The summed E-state index contributed by atoms with van der Waals surface area (Å²) in [6.07, 6.45) is 0. The van der Waals surface area contributed by atoms with Gasteiger partial charge in [0, 0.05) is 50.0 Å². The molecule has 0 bridgehead atoms. The number of oxazole rings is 1. The molecule has 1 aliphatic carbocycles. The van der Waals surface area contributed by atoms with Gasteiger partial charge in [-0.05, 0) is 82.9 Å². The van der Waals surface area contributed by atoms with Crippen LogP contribution in [0.1, 0.15) is 25.0 Å². The van der Waals surface area contributed by atoms with Gasteiger partial charge in [0.2, 0.25) is 5.89 Å². The molecule has 3 heterocycles. The maximum Gasteiger partial charge on any atom is 0.227 e. The number of hydrogen-bond donors (Lipinski definition) is 0. The summed E-state index contributed by atoms with van der Waals surface area (Å²) >= 11 is 0. The van der Waals surface area contributed by atoms with Gasteiger partial charge in [-0.2, -0.15) is 0 Å². The summed E-state index contributed by atoms with van der Waals surface area (Å²) < 4.78 is 19.3. The van der Waals surface area contributed by atoms with Crippen molar-refractivity contribution < 1.29 is 13.3 Å². The summed E-state index contributed by atoms with van der Waals surface area (Å²) in [6.45, 7) is 4.63. The maximum atomic E-state index is 6.81. The molecule has 0 saturated carbocycles. The fourth-order valence-corrected chi connectivity index (χ4v) is 8.21. The third-order valence-electron chi connectivity index (χ3n) is 10.7. The number of para-hydroxylation sites is 2. The predicted octanol–water partition coefficient (Wildman–Crippen LogP) is 13.1. The van der Waals surface area contributed by atoms with Gasteiger partial charge in [-0.1, -0.05) is 92.7 Å². The van der Waals surface area contributed by atoms with Crippen molar-refractivity contribution in [3.63, 3.8) is 0 Å². The third kappa shape index (κ3) is 4.06. The van der Waals surface area contributed by atoms with Crippen LogP contribution in [-0.4, -0.2) is 4.98 Å². The minimum absolute atomic E-state index is 0.0893. The molecule has 0 radical (unpaired) electrons. The SMILES string of the molecule is CC1(C)c2ccccc2-c2cc(N(c3ccc4oc5ccccc5c4c3)c3cccc4c3oc3cc5oc(-c6ccccc6)nc5cc34)ccc21. The Balaban J connectivity index is 1.15. The number of rotatable bonds is 4. The van der Waals surface area contributed by atoms with E-state index in [2.05, 4.69) is 116 Å². The molecule has 1 aliphatic rings. The average Bonchev–Trinajstić information content (AvgIpc) is 3.91. The van der Waals surface area contributed by atoms with Crippen molar-refractivity contribution in [3.05, 3.63) is 157 Å². The van der Waals surface area contributed by atoms with Gasteiger partial charge in [-0.3, -0.25) is 0 Å². The van der Waals surface area contributed by atoms with Crippen LogP contribution in [0.3, 0.4) is 0 Å². The Morgan fingerprint density at radius 3 is 2.14 bits per heavy atom. The van der Waals surface area contributed by atoms with E-state index in [1.807, 2.05) is 48.5 Å². The Hall–Kier alpha value is -6.59. The monoisotopic (exact) mass is 658 g/mol. The van der Waals surface area contributed by atoms with Crippen molar-refractivity contribution in [2.75, 3.05) is 4.90 Å². The van der Waals surface area contributed by atoms with Gasteiger partial charge in [0.15, 0.2) is 11.2 Å². The van der Waals surface area contributed by atoms with E-state index < -0.39 is 0 Å². The van der Waals surface area contributed by atoms with Crippen LogP contribution in [0.4, 0.5) is 17.1 Å². The van der Waals surface area contributed by atoms with E-state index in [1.165, 1.54) is 22.3 Å². The highest BCUT2D eigenvalue weighted by Gasteiger charge is 2.35. The van der Waals surface area contributed by atoms with Crippen molar-refractivity contribution in [1.82, 2.24) is 4.98 Å². The maximum absolute atomic E-state index is 6.81. The second-order valence-electron chi connectivity index (χ2n) is 14.0. The Bertz CT molecular complexity index is 3020. The van der Waals surface area contributed by atoms with E-state index in [1.54, 1.807) is 0 Å². The van der Waals surface area contributed by atoms with E-state index >= 15 is 0 Å². The average molecular weight is 659 g/mol. The molecule has 3 aromatic heterocycles. The third-order valence-corrected chi connectivity index (χ3v) is 10.7. The van der Waals surface area contributed by atoms with Crippen molar-refractivity contribution >= 4 is 72.0 Å². The molecule has 0 amide bonds. The van der Waals surface area contributed by atoms with E-state index in [0.29, 0.717) is 11.5 Å². The molecule has 7 aromatic carbocycles. The van der Waals surface area contributed by atoms with Crippen LogP contribution in [0.2, 0.25) is 0 Å². The topological polar surface area (TPSA) is 55.6 Å². The van der Waals surface area contributed by atoms with Crippen molar-refractivity contribution in [2.45, 2.75) is 19.3 Å². The van der Waals surface area contributed by atoms with Crippen LogP contribution >= 0.6 is 0 Å². The fourth-order valence-electron chi connectivity index (χ4n) is 8.21. The van der Waals surface area contributed by atoms with E-state index in [0.717, 1.165) is 72.0 Å². The highest BCUT2D eigenvalue weighted by Crippen LogP contribution is 2.51. The van der Waals surface area contributed by atoms with Crippen molar-refractivity contribution in [2.24, 2.45) is 0 Å². The summed E-state index contributed by atoms with van der Waals surface area (Å²) in [6, 6.07) is 50.7. The molecule has 10 aromatic rings. The summed E-state index contributed by atoms with van der Waals surface area (Å²) in [5.41, 5.74) is 13.8. The zero-order valence-electron chi connectivity index (χ0n) is 28.0. The van der Waals surface area contributed by atoms with E-state index in [9.17, 15) is 0 Å². The summed E-state index contributed by atoms with van der Waals surface area (Å²) in [5.74, 6) is 0.595. The lowest BCUT2D eigenvalue weighted by Crippen LogP contribution is -2.15. The van der Waals surface area contributed by atoms with Gasteiger partial charge in [0.1, 0.15) is 22.3 Å². The first kappa shape index (κ1) is 28.3. The second kappa shape index (κ2) is 10.2. The Morgan fingerprint density at radius 2 is 1.22 bits per heavy atom. The molecule has 0 saturated heterocycles. The molecule has 51 heavy (non-hydrogen) atoms. The van der Waals surface area contributed by atoms with Crippen LogP contribution in [0.15, 0.2) is 159 Å². The highest BCUT2D eigenvalue weighted by molar-refractivity contribution is 6.13. The predicted molar refractivity (Wildman–Crippen MR) is 206 cm³/mol. The number of fused-ring (bicyclic) bond motifs is 10. The molecule has 11 rings (SSSR count). The zero-order chi connectivity index (χ0) is 33.8. The molecule has 0 unspecified atom stereocenters. The van der Waals surface area contributed by atoms with Gasteiger partial charge in [0.25, 0.3) is 0 Å². The number of furan rings is 2. The molecule has 0 spiro atoms. The van der Waals surface area contributed by atoms with Gasteiger partial charge >= 0.3 is 0 Å². The molecule has 0 atom stereocenters. The molecule has 0 fully saturated rings. The van der Waals surface area contributed by atoms with Gasteiger partial charge in [-0.25, -0.2) is 4.98 Å². The first-order valence-corrected chi connectivity index (χ1v) is 17.3. The standard InChI is InChI=1S/C46H30N2O3/c1-46(2)36-16-8-6-13-30(36)33-23-28(19-21-37(33)46)48(29-20-22-41-34(24-29)31-14-7-9-18-40(31)49-41)39-17-10-15-32-35-25-38-43(26-42(35)50-44(32)39)51-45(47-38)27-11-4-3-5-12-27/h3-26H,1-2H3. The molecular formula is C46H30N2O3. The normalized spacial score (nSPS) is 13.5. The lowest BCUT2D eigenvalue weighted by Gasteiger charge is -2.27. The van der Waals surface area contributed by atoms with Gasteiger partial charge in [0.05, 0.1) is 5.69 Å². The molecule has 5 nitrogen and oxygen atoms in total. The Morgan fingerprint density at radius 1 is 0.490 bits per heavy atom. The minimum Gasteiger partial charge on any atom is -0.456 e. The Kier molecular flexibility index (Phi) is 5.66. The summed E-state index contributed by atoms with van der Waals surface area (Å²) in [7, 11) is 0. The number of anilines is 3. The van der Waals surface area contributed by atoms with Crippen molar-refractivity contribution in [3.8, 4) is 22.6 Å². The van der Waals surface area contributed by atoms with Crippen LogP contribution in [0.25, 0.3) is 77.6 Å². The van der Waals surface area contributed by atoms with E-state index in [-0.39, 0.29) is 5.41 Å². The first-order valence-electron chi connectivity index (χ1n) is 17.3. The van der Waals surface area contributed by atoms with Crippen LogP contribution in [0, 0.1) is 0 Å². The zero-order valence-corrected chi connectivity index (χ0v) is 28.0. The van der Waals surface area contributed by atoms with Crippen molar-refractivity contribution in [1.29, 1.82) is 0 Å². The minimum atomic E-state index is -0.0893. The lowest BCUT2D eigenvalue weighted by atomic mass is 9.82. The quantitative estimate of drug-likeness (QED) is 0.188. The second-order valence-corrected chi connectivity index (χ2v) is 14.0. The fraction of sp³-hybridized carbons (Fsp3) is 0.0652. The summed E-state index contributed by atoms with van der Waals surface area (Å²) in [5, 5.41) is 4.17. The highest BCUT2D eigenvalue weighted by atomic mass is 16.4. The molecule has 0 aliphatic heterocycles.